The molecule has 0 aliphatic carbocycles. The van der Waals surface area contributed by atoms with Crippen LogP contribution in [-0.4, -0.2) is 34.2 Å². The minimum atomic E-state index is -0.818. The fourth-order valence-corrected chi connectivity index (χ4v) is 2.91. The van der Waals surface area contributed by atoms with Crippen molar-refractivity contribution in [2.45, 2.75) is 25.9 Å². The average Bonchev–Trinajstić information content (AvgIpc) is 3.17. The van der Waals surface area contributed by atoms with Crippen LogP contribution in [0.25, 0.3) is 0 Å². The molecule has 1 aliphatic rings. The van der Waals surface area contributed by atoms with Gasteiger partial charge in [0.15, 0.2) is 0 Å². The number of halogens is 2. The van der Waals surface area contributed by atoms with Crippen LogP contribution in [0.1, 0.15) is 13.3 Å². The maximum Gasteiger partial charge on any atom is 0.227 e. The van der Waals surface area contributed by atoms with Crippen molar-refractivity contribution in [1.82, 2.24) is 15.1 Å². The zero-order chi connectivity index (χ0) is 18.0. The van der Waals surface area contributed by atoms with Crippen LogP contribution in [0.5, 0.6) is 0 Å². The van der Waals surface area contributed by atoms with Crippen LogP contribution in [0.4, 0.5) is 14.5 Å². The van der Waals surface area contributed by atoms with Gasteiger partial charge in [0.05, 0.1) is 18.2 Å². The Kier molecular flexibility index (Phi) is 4.78. The highest BCUT2D eigenvalue weighted by Crippen LogP contribution is 2.28. The Hall–Kier alpha value is -2.77. The quantitative estimate of drug-likeness (QED) is 0.895. The topological polar surface area (TPSA) is 67.2 Å². The molecule has 3 rings (SSSR count). The van der Waals surface area contributed by atoms with Crippen molar-refractivity contribution in [1.29, 1.82) is 0 Å². The highest BCUT2D eigenvalue weighted by Gasteiger charge is 2.36. The van der Waals surface area contributed by atoms with Gasteiger partial charge in [0.2, 0.25) is 11.8 Å². The summed E-state index contributed by atoms with van der Waals surface area (Å²) in [6, 6.07) is 4.65. The summed E-state index contributed by atoms with van der Waals surface area (Å²) in [4.78, 5) is 25.7. The molecule has 25 heavy (non-hydrogen) atoms. The van der Waals surface area contributed by atoms with Crippen molar-refractivity contribution >= 4 is 17.5 Å². The lowest BCUT2D eigenvalue weighted by Crippen LogP contribution is -2.40. The molecular weight excluding hydrogens is 330 g/mol. The van der Waals surface area contributed by atoms with Crippen molar-refractivity contribution in [3.05, 3.63) is 48.3 Å². The van der Waals surface area contributed by atoms with Gasteiger partial charge in [0.1, 0.15) is 11.6 Å². The maximum absolute atomic E-state index is 13.9. The number of amides is 2. The molecule has 132 valence electrons. The Morgan fingerprint density at radius 1 is 1.44 bits per heavy atom. The van der Waals surface area contributed by atoms with Gasteiger partial charge in [-0.3, -0.25) is 14.3 Å². The number of aromatic nitrogens is 2. The second-order valence-electron chi connectivity index (χ2n) is 6.14. The van der Waals surface area contributed by atoms with Crippen molar-refractivity contribution in [3.63, 3.8) is 0 Å². The first-order valence-corrected chi connectivity index (χ1v) is 7.97. The monoisotopic (exact) mass is 348 g/mol. The SMILES string of the molecule is CC(Cn1cccn1)NC(=O)C1CC(=O)N(c2ccc(F)cc2F)C1. The third kappa shape index (κ3) is 3.84. The van der Waals surface area contributed by atoms with Crippen LogP contribution in [0.3, 0.4) is 0 Å². The summed E-state index contributed by atoms with van der Waals surface area (Å²) in [5.41, 5.74) is -0.00807. The molecule has 1 aromatic heterocycles. The molecule has 0 spiro atoms. The van der Waals surface area contributed by atoms with Gasteiger partial charge in [-0.15, -0.1) is 0 Å². The summed E-state index contributed by atoms with van der Waals surface area (Å²) in [6.45, 7) is 2.42. The zero-order valence-corrected chi connectivity index (χ0v) is 13.7. The van der Waals surface area contributed by atoms with E-state index < -0.39 is 17.6 Å². The number of carbonyl (C=O) groups excluding carboxylic acids is 2. The largest absolute Gasteiger partial charge is 0.351 e. The summed E-state index contributed by atoms with van der Waals surface area (Å²) in [5.74, 6) is -2.73. The lowest BCUT2D eigenvalue weighted by molar-refractivity contribution is -0.126. The molecular formula is C17H18F2N4O2. The first kappa shape index (κ1) is 17.1. The van der Waals surface area contributed by atoms with Crippen LogP contribution in [0.2, 0.25) is 0 Å². The molecule has 2 heterocycles. The Balaban J connectivity index is 1.62. The maximum atomic E-state index is 13.9. The van der Waals surface area contributed by atoms with Crippen LogP contribution >= 0.6 is 0 Å². The summed E-state index contributed by atoms with van der Waals surface area (Å²) >= 11 is 0. The fraction of sp³-hybridized carbons (Fsp3) is 0.353. The lowest BCUT2D eigenvalue weighted by Gasteiger charge is -2.19. The molecule has 0 saturated carbocycles. The Labute approximate surface area is 143 Å². The molecule has 0 bridgehead atoms. The molecule has 2 unspecified atom stereocenters. The molecule has 6 nitrogen and oxygen atoms in total. The van der Waals surface area contributed by atoms with Gasteiger partial charge < -0.3 is 10.2 Å². The molecule has 1 aliphatic heterocycles. The number of hydrogen-bond donors (Lipinski definition) is 1. The standard InChI is InChI=1S/C17H18F2N4O2/c1-11(9-22-6-2-5-20-22)21-17(25)12-7-16(24)23(10-12)15-4-3-13(18)8-14(15)19/h2-6,8,11-12H,7,9-10H2,1H3,(H,21,25). The minimum absolute atomic E-state index is 0.00284. The average molecular weight is 348 g/mol. The summed E-state index contributed by atoms with van der Waals surface area (Å²) in [7, 11) is 0. The second-order valence-corrected chi connectivity index (χ2v) is 6.14. The summed E-state index contributed by atoms with van der Waals surface area (Å²) in [5, 5.41) is 6.92. The van der Waals surface area contributed by atoms with E-state index in [0.717, 1.165) is 12.1 Å². The fourth-order valence-electron chi connectivity index (χ4n) is 2.91. The van der Waals surface area contributed by atoms with Gasteiger partial charge in [0, 0.05) is 37.5 Å². The smallest absolute Gasteiger partial charge is 0.227 e. The Morgan fingerprint density at radius 2 is 2.24 bits per heavy atom. The normalized spacial score (nSPS) is 18.4. The van der Waals surface area contributed by atoms with E-state index in [1.165, 1.54) is 11.0 Å². The van der Waals surface area contributed by atoms with Crippen molar-refractivity contribution < 1.29 is 18.4 Å². The third-order valence-electron chi connectivity index (χ3n) is 4.11. The van der Waals surface area contributed by atoms with E-state index in [-0.39, 0.29) is 36.5 Å². The van der Waals surface area contributed by atoms with Gasteiger partial charge in [-0.25, -0.2) is 8.78 Å². The third-order valence-corrected chi connectivity index (χ3v) is 4.11. The molecule has 0 radical (unpaired) electrons. The predicted molar refractivity (Wildman–Crippen MR) is 86.6 cm³/mol. The lowest BCUT2D eigenvalue weighted by atomic mass is 10.1. The molecule has 1 fully saturated rings. The van der Waals surface area contributed by atoms with Gasteiger partial charge in [-0.1, -0.05) is 0 Å². The van der Waals surface area contributed by atoms with Crippen molar-refractivity contribution in [2.75, 3.05) is 11.4 Å². The molecule has 2 aromatic rings. The summed E-state index contributed by atoms with van der Waals surface area (Å²) in [6.07, 6.45) is 3.44. The number of carbonyl (C=O) groups is 2. The Morgan fingerprint density at radius 3 is 2.92 bits per heavy atom. The summed E-state index contributed by atoms with van der Waals surface area (Å²) < 4.78 is 28.6. The first-order chi connectivity index (χ1) is 11.9. The van der Waals surface area contributed by atoms with Gasteiger partial charge >= 0.3 is 0 Å². The van der Waals surface area contributed by atoms with Crippen LogP contribution < -0.4 is 10.2 Å². The molecule has 2 amide bonds. The van der Waals surface area contributed by atoms with E-state index in [4.69, 9.17) is 0 Å². The molecule has 2 atom stereocenters. The number of benzene rings is 1. The van der Waals surface area contributed by atoms with Gasteiger partial charge in [-0.05, 0) is 25.1 Å². The van der Waals surface area contributed by atoms with E-state index in [9.17, 15) is 18.4 Å². The second kappa shape index (κ2) is 7.00. The highest BCUT2D eigenvalue weighted by molar-refractivity contribution is 6.00. The molecule has 1 N–H and O–H groups in total. The van der Waals surface area contributed by atoms with E-state index in [1.54, 1.807) is 23.1 Å². The molecule has 1 aromatic carbocycles. The molecule has 8 heteroatoms. The van der Waals surface area contributed by atoms with Crippen LogP contribution in [-0.2, 0) is 16.1 Å². The zero-order valence-electron chi connectivity index (χ0n) is 13.7. The first-order valence-electron chi connectivity index (χ1n) is 7.97. The van der Waals surface area contributed by atoms with E-state index in [1.807, 2.05) is 6.92 Å². The van der Waals surface area contributed by atoms with Gasteiger partial charge in [0.25, 0.3) is 0 Å². The highest BCUT2D eigenvalue weighted by atomic mass is 19.1. The number of hydrogen-bond acceptors (Lipinski definition) is 3. The van der Waals surface area contributed by atoms with E-state index >= 15 is 0 Å². The van der Waals surface area contributed by atoms with Gasteiger partial charge in [-0.2, -0.15) is 5.10 Å². The minimum Gasteiger partial charge on any atom is -0.351 e. The van der Waals surface area contributed by atoms with Crippen molar-refractivity contribution in [3.8, 4) is 0 Å². The number of anilines is 1. The Bertz CT molecular complexity index is 779. The van der Waals surface area contributed by atoms with E-state index in [0.29, 0.717) is 6.54 Å². The number of nitrogens with one attached hydrogen (secondary N) is 1. The predicted octanol–water partition coefficient (Wildman–Crippen LogP) is 1.72. The van der Waals surface area contributed by atoms with Crippen LogP contribution in [0.15, 0.2) is 36.7 Å². The van der Waals surface area contributed by atoms with Crippen LogP contribution in [0, 0.1) is 17.6 Å². The number of nitrogens with zero attached hydrogens (tertiary/aromatic N) is 3. The van der Waals surface area contributed by atoms with Crippen molar-refractivity contribution in [2.24, 2.45) is 5.92 Å². The molecule has 1 saturated heterocycles. The number of rotatable bonds is 5. The van der Waals surface area contributed by atoms with E-state index in [2.05, 4.69) is 10.4 Å².